The van der Waals surface area contributed by atoms with Crippen molar-refractivity contribution >= 4 is 23.6 Å². The Hall–Kier alpha value is -2.22. The van der Waals surface area contributed by atoms with Gasteiger partial charge >= 0.3 is 11.9 Å². The van der Waals surface area contributed by atoms with Gasteiger partial charge in [-0.25, -0.2) is 4.79 Å². The maximum Gasteiger partial charge on any atom is 0.326 e. The van der Waals surface area contributed by atoms with E-state index in [-0.39, 0.29) is 63.7 Å². The molecule has 5 fully saturated rings. The number of Topliss-reactive ketones (excluding diaryl/α,β-unsaturated/α-hetero) is 1. The minimum atomic E-state index is -1.06. The Kier molecular flexibility index (Phi) is 10.6. The van der Waals surface area contributed by atoms with E-state index in [4.69, 9.17) is 0 Å². The number of amides is 1. The van der Waals surface area contributed by atoms with Crippen molar-refractivity contribution in [2.75, 3.05) is 6.54 Å². The molecule has 11 atom stereocenters. The second kappa shape index (κ2) is 13.6. The van der Waals surface area contributed by atoms with Gasteiger partial charge in [0.15, 0.2) is 0 Å². The highest BCUT2D eigenvalue weighted by molar-refractivity contribution is 5.88. The van der Waals surface area contributed by atoms with Gasteiger partial charge in [0.05, 0.1) is 12.0 Å². The van der Waals surface area contributed by atoms with Crippen molar-refractivity contribution in [3.8, 4) is 0 Å². The van der Waals surface area contributed by atoms with Crippen LogP contribution >= 0.6 is 0 Å². The maximum atomic E-state index is 13.8. The van der Waals surface area contributed by atoms with Gasteiger partial charge in [-0.05, 0) is 149 Å². The number of carboxylic acid groups (broad SMARTS) is 2. The first-order chi connectivity index (χ1) is 23.5. The van der Waals surface area contributed by atoms with Gasteiger partial charge in [0.2, 0.25) is 5.91 Å². The summed E-state index contributed by atoms with van der Waals surface area (Å²) in [4.78, 5) is 50.9. The molecular weight excluding hydrogens is 640 g/mol. The second-order valence-corrected chi connectivity index (χ2v) is 20.5. The Morgan fingerprint density at radius 2 is 1.51 bits per heavy atom. The van der Waals surface area contributed by atoms with E-state index in [2.05, 4.69) is 58.8 Å². The van der Waals surface area contributed by atoms with Crippen LogP contribution in [-0.2, 0) is 19.2 Å². The van der Waals surface area contributed by atoms with Crippen LogP contribution in [0.25, 0.3) is 0 Å². The van der Waals surface area contributed by atoms with Crippen molar-refractivity contribution in [2.45, 2.75) is 158 Å². The normalized spacial score (nSPS) is 40.6. The molecule has 0 spiro atoms. The van der Waals surface area contributed by atoms with Gasteiger partial charge in [-0.1, -0.05) is 60.6 Å². The van der Waals surface area contributed by atoms with Crippen LogP contribution in [0.5, 0.6) is 0 Å². The van der Waals surface area contributed by atoms with E-state index >= 15 is 0 Å². The number of fused-ring (bicyclic) bond motifs is 7. The lowest BCUT2D eigenvalue weighted by Crippen LogP contribution is -2.69. The molecule has 5 aliphatic rings. The van der Waals surface area contributed by atoms with Crippen LogP contribution in [0.2, 0.25) is 0 Å². The van der Waals surface area contributed by atoms with E-state index in [9.17, 15) is 29.4 Å². The summed E-state index contributed by atoms with van der Waals surface area (Å²) in [6, 6.07) is -0.879. The summed E-state index contributed by atoms with van der Waals surface area (Å²) in [5.74, 6) is 0.233. The molecule has 4 unspecified atom stereocenters. The Labute approximate surface area is 308 Å². The Morgan fingerprint density at radius 3 is 2.10 bits per heavy atom. The van der Waals surface area contributed by atoms with E-state index < -0.39 is 23.4 Å². The highest BCUT2D eigenvalue weighted by atomic mass is 16.4. The molecule has 8 nitrogen and oxygen atoms in total. The minimum absolute atomic E-state index is 0.0849. The smallest absolute Gasteiger partial charge is 0.326 e. The molecule has 4 N–H and O–H groups in total. The summed E-state index contributed by atoms with van der Waals surface area (Å²) in [6.07, 6.45) is 11.0. The number of aliphatic carboxylic acids is 2. The maximum absolute atomic E-state index is 13.8. The van der Waals surface area contributed by atoms with Gasteiger partial charge in [0.25, 0.3) is 0 Å². The predicted octanol–water partition coefficient (Wildman–Crippen LogP) is 8.29. The lowest BCUT2D eigenvalue weighted by Gasteiger charge is -2.73. The largest absolute Gasteiger partial charge is 0.481 e. The molecule has 0 aromatic rings. The van der Waals surface area contributed by atoms with Crippen molar-refractivity contribution in [3.05, 3.63) is 12.2 Å². The van der Waals surface area contributed by atoms with Gasteiger partial charge in [-0.2, -0.15) is 0 Å². The molecule has 1 amide bonds. The zero-order valence-corrected chi connectivity index (χ0v) is 33.5. The average Bonchev–Trinajstić information content (AvgIpc) is 3.39. The third-order valence-electron chi connectivity index (χ3n) is 16.6. The van der Waals surface area contributed by atoms with Crippen LogP contribution in [0.15, 0.2) is 12.2 Å². The monoisotopic (exact) mass is 711 g/mol. The molecule has 0 saturated heterocycles. The molecule has 5 rings (SSSR count). The number of carboxylic acids is 2. The summed E-state index contributed by atoms with van der Waals surface area (Å²) >= 11 is 0. The molecule has 0 bridgehead atoms. The number of hydrogen-bond acceptors (Lipinski definition) is 5. The molecule has 0 radical (unpaired) electrons. The Morgan fingerprint density at radius 1 is 0.843 bits per heavy atom. The summed E-state index contributed by atoms with van der Waals surface area (Å²) in [5, 5.41) is 26.1. The standard InChI is InChI=1S/C43H70N2O6/c1-25(2)22-30(36(48)49)45-34(47)24-44-43-19-14-27(26(3)4)35(43)29-12-13-33-40(9)17-15-28(31(46)23-38(5,6)37(50)51)39(7,8)32(40)16-18-42(33,11)41(29,10)20-21-43/h25,27-30,32-33,35,44H,3,12-24H2,1-2,4-11H3,(H,45,47)(H,48,49)(H,50,51)/t27-,28+,29?,30-,32?,33?,35?,40-,41+,42+,43-/m0/s1. The zero-order chi connectivity index (χ0) is 38.1. The summed E-state index contributed by atoms with van der Waals surface area (Å²) in [5.41, 5.74) is 0.168. The number of ketones is 1. The first-order valence-electron chi connectivity index (χ1n) is 20.2. The van der Waals surface area contributed by atoms with E-state index in [1.807, 2.05) is 13.8 Å². The number of carbonyl (C=O) groups is 4. The summed E-state index contributed by atoms with van der Waals surface area (Å²) < 4.78 is 0. The molecule has 8 heteroatoms. The van der Waals surface area contributed by atoms with E-state index in [1.54, 1.807) is 13.8 Å². The molecule has 0 aromatic carbocycles. The number of carbonyl (C=O) groups excluding carboxylic acids is 2. The minimum Gasteiger partial charge on any atom is -0.481 e. The van der Waals surface area contributed by atoms with Crippen LogP contribution in [0.1, 0.15) is 146 Å². The van der Waals surface area contributed by atoms with Gasteiger partial charge in [0, 0.05) is 17.9 Å². The number of hydrogen-bond donors (Lipinski definition) is 4. The van der Waals surface area contributed by atoms with Gasteiger partial charge < -0.3 is 20.8 Å². The predicted molar refractivity (Wildman–Crippen MR) is 201 cm³/mol. The van der Waals surface area contributed by atoms with Crippen molar-refractivity contribution in [1.82, 2.24) is 10.6 Å². The Bertz CT molecular complexity index is 1420. The molecule has 0 aromatic heterocycles. The molecule has 0 heterocycles. The molecule has 51 heavy (non-hydrogen) atoms. The lowest BCUT2D eigenvalue weighted by atomic mass is 9.32. The molecule has 0 aliphatic heterocycles. The van der Waals surface area contributed by atoms with Gasteiger partial charge in [0.1, 0.15) is 11.8 Å². The van der Waals surface area contributed by atoms with E-state index in [0.29, 0.717) is 36.0 Å². The number of nitrogens with one attached hydrogen (secondary N) is 2. The molecule has 288 valence electrons. The average molecular weight is 711 g/mol. The quantitative estimate of drug-likeness (QED) is 0.150. The van der Waals surface area contributed by atoms with E-state index in [0.717, 1.165) is 64.2 Å². The third-order valence-corrected chi connectivity index (χ3v) is 16.6. The topological polar surface area (TPSA) is 133 Å². The van der Waals surface area contributed by atoms with Crippen LogP contribution in [0.3, 0.4) is 0 Å². The van der Waals surface area contributed by atoms with E-state index in [1.165, 1.54) is 5.57 Å². The van der Waals surface area contributed by atoms with Crippen molar-refractivity contribution in [2.24, 2.45) is 68.5 Å². The second-order valence-electron chi connectivity index (χ2n) is 20.5. The Balaban J connectivity index is 1.39. The fraction of sp³-hybridized carbons (Fsp3) is 0.860. The SMILES string of the molecule is C=C(C)[C@@H]1CC[C@]2(NCC(=O)N[C@@H](CC(C)C)C(=O)O)CC[C@]3(C)C(CCC4[C@@]5(C)CC[C@H](C(=O)CC(C)(C)C(=O)O)C(C)(C)C5CC[C@]43C)C12. The molecule has 5 aliphatic carbocycles. The van der Waals surface area contributed by atoms with Crippen molar-refractivity contribution in [1.29, 1.82) is 0 Å². The molecule has 5 saturated carbocycles. The third kappa shape index (κ3) is 6.54. The highest BCUT2D eigenvalue weighted by Crippen LogP contribution is 2.77. The van der Waals surface area contributed by atoms with Gasteiger partial charge in [-0.3, -0.25) is 14.4 Å². The van der Waals surface area contributed by atoms with Crippen LogP contribution in [0, 0.1) is 68.5 Å². The number of allylic oxidation sites excluding steroid dienone is 1. The van der Waals surface area contributed by atoms with Crippen LogP contribution < -0.4 is 10.6 Å². The van der Waals surface area contributed by atoms with Crippen molar-refractivity contribution in [3.63, 3.8) is 0 Å². The van der Waals surface area contributed by atoms with Crippen LogP contribution in [0.4, 0.5) is 0 Å². The zero-order valence-electron chi connectivity index (χ0n) is 33.5. The highest BCUT2D eigenvalue weighted by Gasteiger charge is 2.71. The summed E-state index contributed by atoms with van der Waals surface area (Å²) in [7, 11) is 0. The first-order valence-corrected chi connectivity index (χ1v) is 20.2. The first kappa shape index (κ1) is 40.0. The fourth-order valence-corrected chi connectivity index (χ4v) is 13.9. The number of rotatable bonds is 12. The van der Waals surface area contributed by atoms with Crippen molar-refractivity contribution < 1.29 is 29.4 Å². The lowest BCUT2D eigenvalue weighted by molar-refractivity contribution is -0.237. The van der Waals surface area contributed by atoms with Gasteiger partial charge in [-0.15, -0.1) is 0 Å². The molecular formula is C43H70N2O6. The van der Waals surface area contributed by atoms with Crippen LogP contribution in [-0.4, -0.2) is 52.0 Å². The fourth-order valence-electron chi connectivity index (χ4n) is 13.9. The summed E-state index contributed by atoms with van der Waals surface area (Å²) in [6.45, 7) is 26.4.